The van der Waals surface area contributed by atoms with Crippen LogP contribution in [0.15, 0.2) is 48.5 Å². The SMILES string of the molecule is CC(C)(C)OC(=O)Nc1ccc(N2C(=O)c3ccccc3C2=O)cc1. The first-order chi connectivity index (χ1) is 11.8. The van der Waals surface area contributed by atoms with Crippen LogP contribution in [0.2, 0.25) is 0 Å². The third-order valence-corrected chi connectivity index (χ3v) is 3.56. The van der Waals surface area contributed by atoms with Crippen molar-refractivity contribution < 1.29 is 19.1 Å². The van der Waals surface area contributed by atoms with Gasteiger partial charge in [0.15, 0.2) is 0 Å². The van der Waals surface area contributed by atoms with Crippen LogP contribution in [0.3, 0.4) is 0 Å². The van der Waals surface area contributed by atoms with Crippen LogP contribution in [-0.4, -0.2) is 23.5 Å². The molecule has 6 heteroatoms. The molecule has 1 aliphatic heterocycles. The lowest BCUT2D eigenvalue weighted by atomic mass is 10.1. The maximum Gasteiger partial charge on any atom is 0.412 e. The molecule has 0 bridgehead atoms. The second kappa shape index (κ2) is 6.05. The van der Waals surface area contributed by atoms with E-state index < -0.39 is 11.7 Å². The minimum Gasteiger partial charge on any atom is -0.444 e. The number of carbonyl (C=O) groups is 3. The Labute approximate surface area is 145 Å². The van der Waals surface area contributed by atoms with Gasteiger partial charge >= 0.3 is 6.09 Å². The summed E-state index contributed by atoms with van der Waals surface area (Å²) in [6.07, 6.45) is -0.569. The zero-order chi connectivity index (χ0) is 18.2. The van der Waals surface area contributed by atoms with Gasteiger partial charge in [0, 0.05) is 5.69 Å². The van der Waals surface area contributed by atoms with Gasteiger partial charge in [-0.3, -0.25) is 14.9 Å². The van der Waals surface area contributed by atoms with Crippen molar-refractivity contribution in [1.82, 2.24) is 0 Å². The summed E-state index contributed by atoms with van der Waals surface area (Å²) in [5.41, 5.74) is 1.15. The summed E-state index contributed by atoms with van der Waals surface area (Å²) in [5.74, 6) is -0.707. The number of rotatable bonds is 2. The van der Waals surface area contributed by atoms with Crippen LogP contribution < -0.4 is 10.2 Å². The van der Waals surface area contributed by atoms with Gasteiger partial charge in [0.2, 0.25) is 0 Å². The third kappa shape index (κ3) is 3.38. The Morgan fingerprint density at radius 1 is 0.920 bits per heavy atom. The zero-order valence-electron chi connectivity index (χ0n) is 14.2. The van der Waals surface area contributed by atoms with E-state index in [0.29, 0.717) is 22.5 Å². The number of ether oxygens (including phenoxy) is 1. The van der Waals surface area contributed by atoms with Crippen LogP contribution in [-0.2, 0) is 4.74 Å². The van der Waals surface area contributed by atoms with E-state index in [0.717, 1.165) is 4.90 Å². The zero-order valence-corrected chi connectivity index (χ0v) is 14.2. The summed E-state index contributed by atoms with van der Waals surface area (Å²) < 4.78 is 5.18. The Hall–Kier alpha value is -3.15. The number of carbonyl (C=O) groups excluding carboxylic acids is 3. The number of hydrogen-bond acceptors (Lipinski definition) is 4. The first kappa shape index (κ1) is 16.7. The molecule has 3 rings (SSSR count). The molecule has 128 valence electrons. The molecule has 3 amide bonds. The summed E-state index contributed by atoms with van der Waals surface area (Å²) in [4.78, 5) is 37.8. The van der Waals surface area contributed by atoms with Crippen LogP contribution in [0.5, 0.6) is 0 Å². The van der Waals surface area contributed by atoms with E-state index in [9.17, 15) is 14.4 Å². The standard InChI is InChI=1S/C19H18N2O4/c1-19(2,3)25-18(24)20-12-8-10-13(11-9-12)21-16(22)14-6-4-5-7-15(14)17(21)23/h4-11H,1-3H3,(H,20,24). The van der Waals surface area contributed by atoms with Crippen molar-refractivity contribution in [3.8, 4) is 0 Å². The number of hydrogen-bond donors (Lipinski definition) is 1. The van der Waals surface area contributed by atoms with Crippen molar-refractivity contribution in [2.75, 3.05) is 10.2 Å². The normalized spacial score (nSPS) is 13.6. The maximum atomic E-state index is 12.4. The molecule has 0 fully saturated rings. The van der Waals surface area contributed by atoms with Crippen LogP contribution in [0, 0.1) is 0 Å². The molecule has 0 saturated heterocycles. The minimum atomic E-state index is -0.593. The van der Waals surface area contributed by atoms with Crippen LogP contribution in [0.1, 0.15) is 41.5 Å². The van der Waals surface area contributed by atoms with Crippen molar-refractivity contribution in [3.63, 3.8) is 0 Å². The Morgan fingerprint density at radius 3 is 1.92 bits per heavy atom. The topological polar surface area (TPSA) is 75.7 Å². The summed E-state index contributed by atoms with van der Waals surface area (Å²) in [6.45, 7) is 5.33. The number of amides is 3. The number of fused-ring (bicyclic) bond motifs is 1. The Bertz CT molecular complexity index is 815. The number of nitrogens with zero attached hydrogens (tertiary/aromatic N) is 1. The number of nitrogens with one attached hydrogen (secondary N) is 1. The molecule has 1 N–H and O–H groups in total. The number of benzene rings is 2. The molecule has 0 atom stereocenters. The second-order valence-corrected chi connectivity index (χ2v) is 6.67. The Balaban J connectivity index is 1.77. The monoisotopic (exact) mass is 338 g/mol. The molecule has 1 heterocycles. The van der Waals surface area contributed by atoms with Gasteiger partial charge in [0.25, 0.3) is 11.8 Å². The van der Waals surface area contributed by atoms with Gasteiger partial charge in [0.05, 0.1) is 16.8 Å². The molecule has 2 aromatic carbocycles. The van der Waals surface area contributed by atoms with E-state index in [1.807, 2.05) is 0 Å². The first-order valence-corrected chi connectivity index (χ1v) is 7.84. The molecule has 25 heavy (non-hydrogen) atoms. The quantitative estimate of drug-likeness (QED) is 0.844. The van der Waals surface area contributed by atoms with Gasteiger partial charge in [-0.25, -0.2) is 9.69 Å². The van der Waals surface area contributed by atoms with E-state index >= 15 is 0 Å². The molecule has 1 aliphatic rings. The van der Waals surface area contributed by atoms with E-state index in [1.54, 1.807) is 69.3 Å². The largest absolute Gasteiger partial charge is 0.444 e. The summed E-state index contributed by atoms with van der Waals surface area (Å²) in [7, 11) is 0. The highest BCUT2D eigenvalue weighted by molar-refractivity contribution is 6.34. The lowest BCUT2D eigenvalue weighted by Gasteiger charge is -2.20. The van der Waals surface area contributed by atoms with E-state index in [1.165, 1.54) is 0 Å². The molecule has 0 aromatic heterocycles. The Morgan fingerprint density at radius 2 is 1.44 bits per heavy atom. The van der Waals surface area contributed by atoms with Crippen molar-refractivity contribution in [3.05, 3.63) is 59.7 Å². The highest BCUT2D eigenvalue weighted by Gasteiger charge is 2.36. The molecule has 2 aromatic rings. The van der Waals surface area contributed by atoms with Gasteiger partial charge in [-0.2, -0.15) is 0 Å². The van der Waals surface area contributed by atoms with Crippen molar-refractivity contribution in [2.45, 2.75) is 26.4 Å². The van der Waals surface area contributed by atoms with Crippen molar-refractivity contribution in [1.29, 1.82) is 0 Å². The van der Waals surface area contributed by atoms with Crippen LogP contribution in [0.4, 0.5) is 16.2 Å². The first-order valence-electron chi connectivity index (χ1n) is 7.84. The maximum absolute atomic E-state index is 12.4. The fraction of sp³-hybridized carbons (Fsp3) is 0.211. The van der Waals surface area contributed by atoms with Crippen LogP contribution >= 0.6 is 0 Å². The van der Waals surface area contributed by atoms with Gasteiger partial charge in [0.1, 0.15) is 5.60 Å². The molecular weight excluding hydrogens is 320 g/mol. The smallest absolute Gasteiger partial charge is 0.412 e. The predicted octanol–water partition coefficient (Wildman–Crippen LogP) is 3.83. The fourth-order valence-corrected chi connectivity index (χ4v) is 2.54. The predicted molar refractivity (Wildman–Crippen MR) is 93.9 cm³/mol. The van der Waals surface area contributed by atoms with Gasteiger partial charge < -0.3 is 4.74 Å². The average Bonchev–Trinajstić information content (AvgIpc) is 2.79. The highest BCUT2D eigenvalue weighted by atomic mass is 16.6. The summed E-state index contributed by atoms with van der Waals surface area (Å²) in [6, 6.07) is 13.2. The lowest BCUT2D eigenvalue weighted by molar-refractivity contribution is 0.0635. The third-order valence-electron chi connectivity index (χ3n) is 3.56. The van der Waals surface area contributed by atoms with Crippen molar-refractivity contribution in [2.24, 2.45) is 0 Å². The molecule has 0 unspecified atom stereocenters. The molecule has 0 radical (unpaired) electrons. The van der Waals surface area contributed by atoms with Crippen molar-refractivity contribution >= 4 is 29.3 Å². The molecule has 0 saturated carbocycles. The van der Waals surface area contributed by atoms with Crippen LogP contribution in [0.25, 0.3) is 0 Å². The summed E-state index contributed by atoms with van der Waals surface area (Å²) in [5, 5.41) is 2.61. The molecule has 6 nitrogen and oxygen atoms in total. The number of imide groups is 1. The minimum absolute atomic E-state index is 0.353. The summed E-state index contributed by atoms with van der Waals surface area (Å²) >= 11 is 0. The van der Waals surface area contributed by atoms with Gasteiger partial charge in [-0.05, 0) is 57.2 Å². The fourth-order valence-electron chi connectivity index (χ4n) is 2.54. The number of anilines is 2. The van der Waals surface area contributed by atoms with E-state index in [2.05, 4.69) is 5.32 Å². The van der Waals surface area contributed by atoms with E-state index in [4.69, 9.17) is 4.74 Å². The average molecular weight is 338 g/mol. The molecule has 0 aliphatic carbocycles. The van der Waals surface area contributed by atoms with E-state index in [-0.39, 0.29) is 11.8 Å². The Kier molecular flexibility index (Phi) is 4.04. The van der Waals surface area contributed by atoms with Gasteiger partial charge in [-0.1, -0.05) is 12.1 Å². The second-order valence-electron chi connectivity index (χ2n) is 6.67. The molecule has 0 spiro atoms. The highest BCUT2D eigenvalue weighted by Crippen LogP contribution is 2.29. The molecular formula is C19H18N2O4. The van der Waals surface area contributed by atoms with Gasteiger partial charge in [-0.15, -0.1) is 0 Å². The lowest BCUT2D eigenvalue weighted by Crippen LogP contribution is -2.29.